The lowest BCUT2D eigenvalue weighted by molar-refractivity contribution is 0.0742. The third-order valence-electron chi connectivity index (χ3n) is 3.96. The lowest BCUT2D eigenvalue weighted by Gasteiger charge is -2.25. The van der Waals surface area contributed by atoms with Gasteiger partial charge in [-0.05, 0) is 42.8 Å². The van der Waals surface area contributed by atoms with Crippen LogP contribution in [0.1, 0.15) is 35.8 Å². The molecule has 0 saturated carbocycles. The summed E-state index contributed by atoms with van der Waals surface area (Å²) in [5.41, 5.74) is 1.22. The maximum Gasteiger partial charge on any atom is 0.254 e. The molecular weight excluding hydrogens is 360 g/mol. The third-order valence-corrected chi connectivity index (χ3v) is 5.74. The molecule has 2 aromatic rings. The number of hydrogen-bond donors (Lipinski definition) is 1. The van der Waals surface area contributed by atoms with Crippen molar-refractivity contribution in [3.05, 3.63) is 64.7 Å². The van der Waals surface area contributed by atoms with Crippen LogP contribution in [0.15, 0.2) is 53.4 Å². The van der Waals surface area contributed by atoms with Gasteiger partial charge in [-0.1, -0.05) is 36.7 Å². The summed E-state index contributed by atoms with van der Waals surface area (Å²) in [6.07, 6.45) is 0. The molecule has 1 N–H and O–H groups in total. The van der Waals surface area contributed by atoms with Gasteiger partial charge in [0.25, 0.3) is 5.91 Å². The average molecular weight is 381 g/mol. The number of nitrogens with one attached hydrogen (secondary N) is 1. The Bertz CT molecular complexity index is 868. The Hall–Kier alpha value is -1.89. The van der Waals surface area contributed by atoms with Crippen LogP contribution >= 0.6 is 11.6 Å². The molecule has 2 aromatic carbocycles. The van der Waals surface area contributed by atoms with Crippen molar-refractivity contribution < 1.29 is 13.2 Å². The van der Waals surface area contributed by atoms with E-state index in [9.17, 15) is 13.2 Å². The Kier molecular flexibility index (Phi) is 6.21. The first-order chi connectivity index (χ1) is 11.8. The molecule has 2 rings (SSSR count). The third kappa shape index (κ3) is 4.60. The van der Waals surface area contributed by atoms with Crippen LogP contribution in [0.25, 0.3) is 0 Å². The summed E-state index contributed by atoms with van der Waals surface area (Å²) < 4.78 is 26.7. The van der Waals surface area contributed by atoms with Gasteiger partial charge in [0.15, 0.2) is 0 Å². The second-order valence-electron chi connectivity index (χ2n) is 5.68. The maximum absolute atomic E-state index is 12.8. The highest BCUT2D eigenvalue weighted by Crippen LogP contribution is 2.24. The minimum absolute atomic E-state index is 0.0732. The summed E-state index contributed by atoms with van der Waals surface area (Å²) in [5, 5.41) is 0.601. The van der Waals surface area contributed by atoms with Crippen LogP contribution in [0.5, 0.6) is 0 Å². The van der Waals surface area contributed by atoms with Crippen LogP contribution in [0.4, 0.5) is 0 Å². The van der Waals surface area contributed by atoms with E-state index in [4.69, 9.17) is 11.6 Å². The number of rotatable bonds is 6. The lowest BCUT2D eigenvalue weighted by Crippen LogP contribution is -2.30. The SMILES string of the molecule is CCNS(=O)(=O)c1cccc(C(=O)N(C)C(C)c2cccc(Cl)c2)c1. The van der Waals surface area contributed by atoms with Crippen molar-refractivity contribution in [2.24, 2.45) is 0 Å². The van der Waals surface area contributed by atoms with Crippen molar-refractivity contribution in [3.63, 3.8) is 0 Å². The summed E-state index contributed by atoms with van der Waals surface area (Å²) in [5.74, 6) is -0.263. The molecule has 0 spiro atoms. The number of amides is 1. The van der Waals surface area contributed by atoms with Crippen molar-refractivity contribution in [1.29, 1.82) is 0 Å². The van der Waals surface area contributed by atoms with Gasteiger partial charge in [-0.3, -0.25) is 4.79 Å². The van der Waals surface area contributed by atoms with Crippen molar-refractivity contribution in [2.75, 3.05) is 13.6 Å². The van der Waals surface area contributed by atoms with Crippen LogP contribution in [0.3, 0.4) is 0 Å². The molecule has 25 heavy (non-hydrogen) atoms. The molecule has 7 heteroatoms. The van der Waals surface area contributed by atoms with E-state index >= 15 is 0 Å². The Balaban J connectivity index is 2.28. The van der Waals surface area contributed by atoms with E-state index in [1.165, 1.54) is 12.1 Å². The fraction of sp³-hybridized carbons (Fsp3) is 0.278. The molecule has 0 aliphatic rings. The zero-order valence-corrected chi connectivity index (χ0v) is 15.9. The molecule has 1 unspecified atom stereocenters. The predicted octanol–water partition coefficient (Wildman–Crippen LogP) is 3.47. The van der Waals surface area contributed by atoms with E-state index in [0.717, 1.165) is 5.56 Å². The van der Waals surface area contributed by atoms with Gasteiger partial charge >= 0.3 is 0 Å². The molecule has 0 heterocycles. The number of benzene rings is 2. The molecule has 5 nitrogen and oxygen atoms in total. The summed E-state index contributed by atoms with van der Waals surface area (Å²) in [7, 11) is -1.93. The number of hydrogen-bond acceptors (Lipinski definition) is 3. The molecule has 0 fully saturated rings. The summed E-state index contributed by atoms with van der Waals surface area (Å²) >= 11 is 6.01. The average Bonchev–Trinajstić information content (AvgIpc) is 2.60. The Morgan fingerprint density at radius 3 is 2.52 bits per heavy atom. The standard InChI is InChI=1S/C18H21ClN2O3S/c1-4-20-25(23,24)17-10-6-8-15(12-17)18(22)21(3)13(2)14-7-5-9-16(19)11-14/h5-13,20H,4H2,1-3H3. The van der Waals surface area contributed by atoms with Crippen LogP contribution in [0, 0.1) is 0 Å². The number of nitrogens with zero attached hydrogens (tertiary/aromatic N) is 1. The Morgan fingerprint density at radius 2 is 1.88 bits per heavy atom. The molecule has 0 bridgehead atoms. The molecule has 134 valence electrons. The molecule has 0 aromatic heterocycles. The number of halogens is 1. The van der Waals surface area contributed by atoms with Crippen molar-refractivity contribution in [3.8, 4) is 0 Å². The Labute approximate surface area is 153 Å². The van der Waals surface area contributed by atoms with Crippen molar-refractivity contribution >= 4 is 27.5 Å². The van der Waals surface area contributed by atoms with Crippen LogP contribution in [-0.2, 0) is 10.0 Å². The molecule has 0 radical (unpaired) electrons. The minimum atomic E-state index is -3.61. The zero-order valence-electron chi connectivity index (χ0n) is 14.4. The number of sulfonamides is 1. The molecule has 0 aliphatic heterocycles. The summed E-state index contributed by atoms with van der Waals surface area (Å²) in [6.45, 7) is 3.88. The highest BCUT2D eigenvalue weighted by atomic mass is 35.5. The fourth-order valence-electron chi connectivity index (χ4n) is 2.44. The lowest BCUT2D eigenvalue weighted by atomic mass is 10.1. The van der Waals surface area contributed by atoms with Crippen molar-refractivity contribution in [2.45, 2.75) is 24.8 Å². The van der Waals surface area contributed by atoms with Gasteiger partial charge < -0.3 is 4.90 Å². The van der Waals surface area contributed by atoms with Gasteiger partial charge in [-0.25, -0.2) is 13.1 Å². The van der Waals surface area contributed by atoms with Gasteiger partial charge in [-0.15, -0.1) is 0 Å². The molecule has 0 aliphatic carbocycles. The first kappa shape index (κ1) is 19.4. The second kappa shape index (κ2) is 7.99. The normalized spacial score (nSPS) is 12.6. The summed E-state index contributed by atoms with van der Waals surface area (Å²) in [6, 6.07) is 13.1. The van der Waals surface area contributed by atoms with Gasteiger partial charge in [0.2, 0.25) is 10.0 Å². The number of carbonyl (C=O) groups is 1. The highest BCUT2D eigenvalue weighted by molar-refractivity contribution is 7.89. The fourth-order valence-corrected chi connectivity index (χ4v) is 3.72. The summed E-state index contributed by atoms with van der Waals surface area (Å²) in [4.78, 5) is 14.4. The predicted molar refractivity (Wildman–Crippen MR) is 99.3 cm³/mol. The zero-order chi connectivity index (χ0) is 18.6. The van der Waals surface area contributed by atoms with Gasteiger partial charge in [0.05, 0.1) is 10.9 Å². The first-order valence-corrected chi connectivity index (χ1v) is 9.74. The van der Waals surface area contributed by atoms with Crippen molar-refractivity contribution in [1.82, 2.24) is 9.62 Å². The molecule has 1 atom stereocenters. The first-order valence-electron chi connectivity index (χ1n) is 7.88. The van der Waals surface area contributed by atoms with E-state index in [2.05, 4.69) is 4.72 Å². The van der Waals surface area contributed by atoms with E-state index in [1.807, 2.05) is 25.1 Å². The van der Waals surface area contributed by atoms with Crippen LogP contribution in [-0.4, -0.2) is 32.8 Å². The van der Waals surface area contributed by atoms with E-state index < -0.39 is 10.0 Å². The largest absolute Gasteiger partial charge is 0.335 e. The van der Waals surface area contributed by atoms with Crippen LogP contribution < -0.4 is 4.72 Å². The monoisotopic (exact) mass is 380 g/mol. The number of carbonyl (C=O) groups excluding carboxylic acids is 1. The van der Waals surface area contributed by atoms with E-state index in [0.29, 0.717) is 10.6 Å². The Morgan fingerprint density at radius 1 is 1.20 bits per heavy atom. The quantitative estimate of drug-likeness (QED) is 0.834. The second-order valence-corrected chi connectivity index (χ2v) is 7.88. The molecular formula is C18H21ClN2O3S. The topological polar surface area (TPSA) is 66.5 Å². The van der Waals surface area contributed by atoms with Gasteiger partial charge in [0, 0.05) is 24.2 Å². The van der Waals surface area contributed by atoms with Gasteiger partial charge in [-0.2, -0.15) is 0 Å². The minimum Gasteiger partial charge on any atom is -0.335 e. The maximum atomic E-state index is 12.8. The van der Waals surface area contributed by atoms with E-state index in [1.54, 1.807) is 37.1 Å². The van der Waals surface area contributed by atoms with Gasteiger partial charge in [0.1, 0.15) is 0 Å². The molecule has 0 saturated heterocycles. The van der Waals surface area contributed by atoms with Crippen LogP contribution in [0.2, 0.25) is 5.02 Å². The van der Waals surface area contributed by atoms with E-state index in [-0.39, 0.29) is 23.4 Å². The smallest absolute Gasteiger partial charge is 0.254 e. The molecule has 1 amide bonds. The highest BCUT2D eigenvalue weighted by Gasteiger charge is 2.21.